The quantitative estimate of drug-likeness (QED) is 0.893. The zero-order chi connectivity index (χ0) is 12.3. The summed E-state index contributed by atoms with van der Waals surface area (Å²) in [5, 5.41) is 0. The highest BCUT2D eigenvalue weighted by Crippen LogP contribution is 2.35. The third-order valence-electron chi connectivity index (χ3n) is 3.12. The van der Waals surface area contributed by atoms with Gasteiger partial charge in [-0.25, -0.2) is 0 Å². The van der Waals surface area contributed by atoms with Gasteiger partial charge in [0.05, 0.1) is 11.6 Å². The molecule has 1 heterocycles. The third kappa shape index (κ3) is 2.48. The molecule has 92 valence electrons. The molecule has 2 rings (SSSR count). The van der Waals surface area contributed by atoms with Crippen LogP contribution < -0.4 is 10.6 Å². The number of fused-ring (bicyclic) bond motifs is 1. The second kappa shape index (κ2) is 5.56. The number of anilines is 1. The van der Waals surface area contributed by atoms with Crippen LogP contribution in [0.4, 0.5) is 5.69 Å². The average Bonchev–Trinajstić information content (AvgIpc) is 2.39. The summed E-state index contributed by atoms with van der Waals surface area (Å²) in [5.74, 6) is 1.08. The fourth-order valence-corrected chi connectivity index (χ4v) is 3.06. The normalized spacial score (nSPS) is 16.5. The second-order valence-corrected chi connectivity index (χ2v) is 5.28. The smallest absolute Gasteiger partial charge is 0.231 e. The maximum atomic E-state index is 12.4. The second-order valence-electron chi connectivity index (χ2n) is 4.15. The van der Waals surface area contributed by atoms with Crippen molar-refractivity contribution in [2.24, 2.45) is 11.7 Å². The zero-order valence-electron chi connectivity index (χ0n) is 10.1. The van der Waals surface area contributed by atoms with E-state index >= 15 is 0 Å². The number of carbonyl (C=O) groups is 1. The van der Waals surface area contributed by atoms with Gasteiger partial charge in [-0.2, -0.15) is 0 Å². The third-order valence-corrected chi connectivity index (χ3v) is 4.16. The molecule has 0 bridgehead atoms. The van der Waals surface area contributed by atoms with Crippen LogP contribution in [-0.2, 0) is 4.79 Å². The van der Waals surface area contributed by atoms with Gasteiger partial charge in [0.2, 0.25) is 5.91 Å². The number of nitrogens with zero attached hydrogens (tertiary/aromatic N) is 1. The number of thioether (sulfide) groups is 1. The number of nitrogens with two attached hydrogens (primary N) is 1. The highest BCUT2D eigenvalue weighted by Gasteiger charge is 2.26. The molecule has 0 saturated carbocycles. The van der Waals surface area contributed by atoms with E-state index in [0.29, 0.717) is 6.54 Å². The molecule has 1 amide bonds. The predicted molar refractivity (Wildman–Crippen MR) is 72.4 cm³/mol. The lowest BCUT2D eigenvalue weighted by molar-refractivity contribution is -0.122. The number of rotatable bonds is 3. The molecule has 0 saturated heterocycles. The summed E-state index contributed by atoms with van der Waals surface area (Å²) in [6.45, 7) is 3.23. The molecule has 4 heteroatoms. The molecule has 0 aliphatic carbocycles. The number of carbonyl (C=O) groups excluding carboxylic acids is 1. The Morgan fingerprint density at radius 3 is 3.00 bits per heavy atom. The van der Waals surface area contributed by atoms with Gasteiger partial charge in [0, 0.05) is 23.7 Å². The fourth-order valence-electron chi connectivity index (χ4n) is 2.06. The summed E-state index contributed by atoms with van der Waals surface area (Å²) in [7, 11) is 0. The SMILES string of the molecule is CCC(CN)C(=O)N1CCSc2ccccc21. The molecule has 1 aliphatic heterocycles. The van der Waals surface area contributed by atoms with E-state index in [1.807, 2.05) is 41.8 Å². The molecule has 1 aromatic carbocycles. The van der Waals surface area contributed by atoms with Crippen LogP contribution in [0.2, 0.25) is 0 Å². The Hall–Kier alpha value is -1.00. The lowest BCUT2D eigenvalue weighted by Crippen LogP contribution is -2.41. The molecule has 1 aromatic rings. The van der Waals surface area contributed by atoms with Gasteiger partial charge in [-0.15, -0.1) is 11.8 Å². The van der Waals surface area contributed by atoms with Crippen molar-refractivity contribution < 1.29 is 4.79 Å². The van der Waals surface area contributed by atoms with Crippen molar-refractivity contribution in [3.05, 3.63) is 24.3 Å². The zero-order valence-corrected chi connectivity index (χ0v) is 10.9. The van der Waals surface area contributed by atoms with E-state index in [-0.39, 0.29) is 11.8 Å². The van der Waals surface area contributed by atoms with Gasteiger partial charge in [0.1, 0.15) is 0 Å². The summed E-state index contributed by atoms with van der Waals surface area (Å²) in [5.41, 5.74) is 6.70. The molecular formula is C13H18N2OS. The van der Waals surface area contributed by atoms with Crippen molar-refractivity contribution >= 4 is 23.4 Å². The fraction of sp³-hybridized carbons (Fsp3) is 0.462. The van der Waals surface area contributed by atoms with Crippen LogP contribution in [0.25, 0.3) is 0 Å². The van der Waals surface area contributed by atoms with E-state index in [2.05, 4.69) is 6.07 Å². The molecule has 0 radical (unpaired) electrons. The van der Waals surface area contributed by atoms with Crippen LogP contribution in [0.15, 0.2) is 29.2 Å². The number of hydrogen-bond acceptors (Lipinski definition) is 3. The molecule has 3 nitrogen and oxygen atoms in total. The van der Waals surface area contributed by atoms with E-state index in [4.69, 9.17) is 5.73 Å². The van der Waals surface area contributed by atoms with Crippen LogP contribution in [0.3, 0.4) is 0 Å². The molecule has 0 spiro atoms. The number of amides is 1. The Morgan fingerprint density at radius 1 is 1.53 bits per heavy atom. The molecule has 0 aromatic heterocycles. The van der Waals surface area contributed by atoms with Crippen molar-refractivity contribution in [3.63, 3.8) is 0 Å². The first-order valence-electron chi connectivity index (χ1n) is 6.01. The Morgan fingerprint density at radius 2 is 2.29 bits per heavy atom. The Kier molecular flexibility index (Phi) is 4.07. The van der Waals surface area contributed by atoms with E-state index in [0.717, 1.165) is 24.4 Å². The molecule has 17 heavy (non-hydrogen) atoms. The van der Waals surface area contributed by atoms with Crippen LogP contribution in [-0.4, -0.2) is 24.7 Å². The molecule has 1 atom stereocenters. The summed E-state index contributed by atoms with van der Waals surface area (Å²) in [4.78, 5) is 15.4. The lowest BCUT2D eigenvalue weighted by atomic mass is 10.0. The van der Waals surface area contributed by atoms with E-state index < -0.39 is 0 Å². The predicted octanol–water partition coefficient (Wildman–Crippen LogP) is 2.11. The van der Waals surface area contributed by atoms with Crippen LogP contribution in [0, 0.1) is 5.92 Å². The monoisotopic (exact) mass is 250 g/mol. The molecule has 0 fully saturated rings. The van der Waals surface area contributed by atoms with Crippen molar-refractivity contribution in [1.82, 2.24) is 0 Å². The number of hydrogen-bond donors (Lipinski definition) is 1. The minimum Gasteiger partial charge on any atom is -0.330 e. The van der Waals surface area contributed by atoms with Gasteiger partial charge >= 0.3 is 0 Å². The van der Waals surface area contributed by atoms with Crippen LogP contribution in [0.5, 0.6) is 0 Å². The van der Waals surface area contributed by atoms with Gasteiger partial charge in [-0.1, -0.05) is 19.1 Å². The highest BCUT2D eigenvalue weighted by molar-refractivity contribution is 7.99. The average molecular weight is 250 g/mol. The standard InChI is InChI=1S/C13H18N2OS/c1-2-10(9-14)13(16)15-7-8-17-12-6-4-3-5-11(12)15/h3-6,10H,2,7-9,14H2,1H3. The number of benzene rings is 1. The number of para-hydroxylation sites is 1. The summed E-state index contributed by atoms with van der Waals surface area (Å²) in [6.07, 6.45) is 0.807. The Balaban J connectivity index is 2.26. The summed E-state index contributed by atoms with van der Waals surface area (Å²) in [6, 6.07) is 8.08. The van der Waals surface area contributed by atoms with Gasteiger partial charge in [0.15, 0.2) is 0 Å². The van der Waals surface area contributed by atoms with E-state index in [1.54, 1.807) is 0 Å². The first-order valence-corrected chi connectivity index (χ1v) is 6.99. The first-order chi connectivity index (χ1) is 8.27. The van der Waals surface area contributed by atoms with Crippen LogP contribution >= 0.6 is 11.8 Å². The minimum atomic E-state index is -0.0499. The largest absolute Gasteiger partial charge is 0.330 e. The summed E-state index contributed by atoms with van der Waals surface area (Å²) >= 11 is 1.81. The molecule has 1 unspecified atom stereocenters. The van der Waals surface area contributed by atoms with Crippen molar-refractivity contribution in [2.75, 3.05) is 23.7 Å². The maximum absolute atomic E-state index is 12.4. The Bertz CT molecular complexity index is 404. The van der Waals surface area contributed by atoms with Crippen molar-refractivity contribution in [2.45, 2.75) is 18.2 Å². The maximum Gasteiger partial charge on any atom is 0.231 e. The first kappa shape index (κ1) is 12.5. The summed E-state index contributed by atoms with van der Waals surface area (Å²) < 4.78 is 0. The Labute approximate surface area is 106 Å². The lowest BCUT2D eigenvalue weighted by Gasteiger charge is -2.31. The van der Waals surface area contributed by atoms with Gasteiger partial charge in [0.25, 0.3) is 0 Å². The molecule has 1 aliphatic rings. The molecule has 2 N–H and O–H groups in total. The van der Waals surface area contributed by atoms with E-state index in [9.17, 15) is 4.79 Å². The molecular weight excluding hydrogens is 232 g/mol. The minimum absolute atomic E-state index is 0.0499. The van der Waals surface area contributed by atoms with E-state index in [1.165, 1.54) is 4.90 Å². The van der Waals surface area contributed by atoms with Gasteiger partial charge in [-0.05, 0) is 18.6 Å². The topological polar surface area (TPSA) is 46.3 Å². The van der Waals surface area contributed by atoms with Gasteiger partial charge in [-0.3, -0.25) is 4.79 Å². The van der Waals surface area contributed by atoms with Crippen molar-refractivity contribution in [1.29, 1.82) is 0 Å². The van der Waals surface area contributed by atoms with Crippen molar-refractivity contribution in [3.8, 4) is 0 Å². The highest BCUT2D eigenvalue weighted by atomic mass is 32.2. The van der Waals surface area contributed by atoms with Gasteiger partial charge < -0.3 is 10.6 Å². The van der Waals surface area contributed by atoms with Crippen LogP contribution in [0.1, 0.15) is 13.3 Å².